The van der Waals surface area contributed by atoms with Crippen LogP contribution in [-0.2, 0) is 9.53 Å². The first kappa shape index (κ1) is 10.2. The van der Waals surface area contributed by atoms with Gasteiger partial charge in [-0.1, -0.05) is 10.8 Å². The monoisotopic (exact) mass is 180 g/mol. The molecule has 0 unspecified atom stereocenters. The molecule has 0 aromatic rings. The lowest BCUT2D eigenvalue weighted by Gasteiger charge is -2.05. The summed E-state index contributed by atoms with van der Waals surface area (Å²) in [5.74, 6) is 0.575. The molecular formula is C6H12O2S2. The summed E-state index contributed by atoms with van der Waals surface area (Å²) < 4.78 is 4.87. The second kappa shape index (κ2) is 5.92. The predicted molar refractivity (Wildman–Crippen MR) is 47.3 cm³/mol. The standard InChI is InChI=1S/C6H12O2S2/c1-5(2)8-6(7)3-4-10-9/h5,9H,3-4H2,1-2H3. The van der Waals surface area contributed by atoms with Gasteiger partial charge in [0.1, 0.15) is 0 Å². The number of rotatable bonds is 4. The van der Waals surface area contributed by atoms with Crippen molar-refractivity contribution in [2.45, 2.75) is 26.4 Å². The van der Waals surface area contributed by atoms with E-state index in [-0.39, 0.29) is 12.1 Å². The maximum absolute atomic E-state index is 10.7. The van der Waals surface area contributed by atoms with E-state index in [1.807, 2.05) is 13.8 Å². The average molecular weight is 180 g/mol. The van der Waals surface area contributed by atoms with Gasteiger partial charge in [-0.3, -0.25) is 4.79 Å². The van der Waals surface area contributed by atoms with E-state index in [0.29, 0.717) is 12.2 Å². The molecule has 0 rings (SSSR count). The molecule has 0 radical (unpaired) electrons. The second-order valence-corrected chi connectivity index (χ2v) is 3.56. The Hall–Kier alpha value is 0.170. The number of carbonyl (C=O) groups is 1. The van der Waals surface area contributed by atoms with Crippen molar-refractivity contribution >= 4 is 28.4 Å². The number of carbonyl (C=O) groups excluding carboxylic acids is 1. The Labute approximate surface area is 70.5 Å². The molecule has 0 aromatic carbocycles. The van der Waals surface area contributed by atoms with Gasteiger partial charge < -0.3 is 4.74 Å². The fourth-order valence-corrected chi connectivity index (χ4v) is 0.983. The minimum absolute atomic E-state index is 0.00239. The average Bonchev–Trinajstić information content (AvgIpc) is 1.82. The van der Waals surface area contributed by atoms with E-state index in [1.165, 1.54) is 10.8 Å². The van der Waals surface area contributed by atoms with Crippen molar-refractivity contribution in [3.8, 4) is 0 Å². The van der Waals surface area contributed by atoms with Gasteiger partial charge >= 0.3 is 5.97 Å². The van der Waals surface area contributed by atoms with Crippen LogP contribution in [0.1, 0.15) is 20.3 Å². The van der Waals surface area contributed by atoms with Gasteiger partial charge in [0.2, 0.25) is 0 Å². The predicted octanol–water partition coefficient (Wildman–Crippen LogP) is 1.91. The lowest BCUT2D eigenvalue weighted by Crippen LogP contribution is -2.11. The van der Waals surface area contributed by atoms with E-state index < -0.39 is 0 Å². The fourth-order valence-electron chi connectivity index (χ4n) is 0.451. The Bertz CT molecular complexity index is 104. The van der Waals surface area contributed by atoms with Crippen LogP contribution in [-0.4, -0.2) is 17.8 Å². The Morgan fingerprint density at radius 3 is 2.70 bits per heavy atom. The lowest BCUT2D eigenvalue weighted by molar-refractivity contribution is -0.146. The first-order valence-corrected chi connectivity index (χ1v) is 5.16. The van der Waals surface area contributed by atoms with Gasteiger partial charge in [-0.25, -0.2) is 0 Å². The molecule has 0 saturated heterocycles. The van der Waals surface area contributed by atoms with E-state index in [2.05, 4.69) is 11.7 Å². The topological polar surface area (TPSA) is 26.3 Å². The van der Waals surface area contributed by atoms with Crippen molar-refractivity contribution in [3.05, 3.63) is 0 Å². The molecule has 60 valence electrons. The van der Waals surface area contributed by atoms with Crippen LogP contribution in [0.25, 0.3) is 0 Å². The first-order valence-electron chi connectivity index (χ1n) is 3.12. The molecule has 10 heavy (non-hydrogen) atoms. The summed E-state index contributed by atoms with van der Waals surface area (Å²) >= 11 is 3.89. The van der Waals surface area contributed by atoms with Crippen molar-refractivity contribution in [2.24, 2.45) is 0 Å². The molecule has 2 nitrogen and oxygen atoms in total. The molecule has 0 heterocycles. The van der Waals surface area contributed by atoms with Crippen molar-refractivity contribution in [2.75, 3.05) is 5.75 Å². The summed E-state index contributed by atoms with van der Waals surface area (Å²) in [6.07, 6.45) is 0.448. The smallest absolute Gasteiger partial charge is 0.306 e. The number of esters is 1. The highest BCUT2D eigenvalue weighted by Gasteiger charge is 2.03. The van der Waals surface area contributed by atoms with Crippen molar-refractivity contribution in [1.29, 1.82) is 0 Å². The van der Waals surface area contributed by atoms with E-state index in [0.717, 1.165) is 0 Å². The molecule has 0 aliphatic heterocycles. The molecule has 4 heteroatoms. The third kappa shape index (κ3) is 6.29. The summed E-state index contributed by atoms with van der Waals surface area (Å²) in [4.78, 5) is 10.7. The van der Waals surface area contributed by atoms with Crippen LogP contribution in [0.2, 0.25) is 0 Å². The maximum Gasteiger partial charge on any atom is 0.306 e. The van der Waals surface area contributed by atoms with Gasteiger partial charge in [-0.05, 0) is 13.8 Å². The Balaban J connectivity index is 3.26. The molecule has 0 aliphatic rings. The van der Waals surface area contributed by atoms with Gasteiger partial charge in [0.05, 0.1) is 12.5 Å². The number of ether oxygens (including phenoxy) is 1. The third-order valence-corrected chi connectivity index (χ3v) is 1.70. The SMILES string of the molecule is CC(C)OC(=O)CCSS. The lowest BCUT2D eigenvalue weighted by atomic mass is 10.4. The highest BCUT2D eigenvalue weighted by Crippen LogP contribution is 2.07. The Kier molecular flexibility index (Phi) is 6.02. The largest absolute Gasteiger partial charge is 0.463 e. The van der Waals surface area contributed by atoms with E-state index in [9.17, 15) is 4.79 Å². The van der Waals surface area contributed by atoms with Crippen LogP contribution < -0.4 is 0 Å². The minimum Gasteiger partial charge on any atom is -0.463 e. The van der Waals surface area contributed by atoms with Crippen molar-refractivity contribution in [1.82, 2.24) is 0 Å². The second-order valence-electron chi connectivity index (χ2n) is 2.12. The molecule has 0 atom stereocenters. The number of hydrogen-bond donors (Lipinski definition) is 1. The van der Waals surface area contributed by atoms with E-state index in [4.69, 9.17) is 4.74 Å². The molecular weight excluding hydrogens is 168 g/mol. The zero-order valence-corrected chi connectivity index (χ0v) is 7.87. The summed E-state index contributed by atoms with van der Waals surface area (Å²) in [6, 6.07) is 0. The van der Waals surface area contributed by atoms with Crippen LogP contribution >= 0.6 is 22.5 Å². The molecule has 0 aliphatic carbocycles. The van der Waals surface area contributed by atoms with Crippen LogP contribution in [0.15, 0.2) is 0 Å². The van der Waals surface area contributed by atoms with Gasteiger partial charge in [-0.2, -0.15) is 0 Å². The van der Waals surface area contributed by atoms with Gasteiger partial charge in [-0.15, -0.1) is 11.7 Å². The van der Waals surface area contributed by atoms with Crippen LogP contribution in [0.4, 0.5) is 0 Å². The summed E-state index contributed by atoms with van der Waals surface area (Å²) in [5, 5.41) is 0. The molecule has 0 spiro atoms. The van der Waals surface area contributed by atoms with Crippen LogP contribution in [0.5, 0.6) is 0 Å². The quantitative estimate of drug-likeness (QED) is 0.406. The zero-order valence-electron chi connectivity index (χ0n) is 6.16. The summed E-state index contributed by atoms with van der Waals surface area (Å²) in [7, 11) is 1.35. The molecule has 0 saturated carbocycles. The van der Waals surface area contributed by atoms with Gasteiger partial charge in [0.15, 0.2) is 0 Å². The summed E-state index contributed by atoms with van der Waals surface area (Å²) in [6.45, 7) is 3.68. The molecule has 0 N–H and O–H groups in total. The highest BCUT2D eigenvalue weighted by atomic mass is 33.1. The molecule has 0 fully saturated rings. The normalized spacial score (nSPS) is 10.0. The van der Waals surface area contributed by atoms with Gasteiger partial charge in [0.25, 0.3) is 0 Å². The maximum atomic E-state index is 10.7. The summed E-state index contributed by atoms with van der Waals surface area (Å²) in [5.41, 5.74) is 0. The minimum atomic E-state index is -0.142. The Morgan fingerprint density at radius 1 is 1.70 bits per heavy atom. The van der Waals surface area contributed by atoms with Crippen LogP contribution in [0.3, 0.4) is 0 Å². The third-order valence-electron chi connectivity index (χ3n) is 0.765. The number of thiol groups is 1. The zero-order chi connectivity index (χ0) is 7.98. The first-order chi connectivity index (χ1) is 4.66. The molecule has 0 bridgehead atoms. The van der Waals surface area contributed by atoms with Crippen LogP contribution in [0, 0.1) is 0 Å². The van der Waals surface area contributed by atoms with Crippen molar-refractivity contribution < 1.29 is 9.53 Å². The van der Waals surface area contributed by atoms with E-state index >= 15 is 0 Å². The molecule has 0 aromatic heterocycles. The Morgan fingerprint density at radius 2 is 2.30 bits per heavy atom. The van der Waals surface area contributed by atoms with E-state index in [1.54, 1.807) is 0 Å². The fraction of sp³-hybridized carbons (Fsp3) is 0.833. The molecule has 0 amide bonds. The number of hydrogen-bond acceptors (Lipinski definition) is 4. The highest BCUT2D eigenvalue weighted by molar-refractivity contribution is 8.68. The van der Waals surface area contributed by atoms with Crippen molar-refractivity contribution in [3.63, 3.8) is 0 Å². The van der Waals surface area contributed by atoms with Gasteiger partial charge in [0, 0.05) is 5.75 Å².